The van der Waals surface area contributed by atoms with Crippen LogP contribution in [0.5, 0.6) is 0 Å². The minimum atomic E-state index is 0. The van der Waals surface area contributed by atoms with Crippen LogP contribution in [0.25, 0.3) is 0 Å². The summed E-state index contributed by atoms with van der Waals surface area (Å²) in [7, 11) is 0. The first kappa shape index (κ1) is 19.3. The quantitative estimate of drug-likeness (QED) is 0.817. The van der Waals surface area contributed by atoms with Gasteiger partial charge in [0.05, 0.1) is 0 Å². The zero-order valence-corrected chi connectivity index (χ0v) is 15.6. The van der Waals surface area contributed by atoms with Gasteiger partial charge in [0.15, 0.2) is 0 Å². The minimum Gasteiger partial charge on any atom is -0.340 e. The highest BCUT2D eigenvalue weighted by atomic mass is 35.5. The molecule has 0 bridgehead atoms. The molecule has 1 N–H and O–H groups in total. The van der Waals surface area contributed by atoms with Crippen molar-refractivity contribution in [1.29, 1.82) is 0 Å². The smallest absolute Gasteiger partial charge is 0.226 e. The Morgan fingerprint density at radius 3 is 2.17 bits per heavy atom. The minimum absolute atomic E-state index is 0. The van der Waals surface area contributed by atoms with Gasteiger partial charge in [-0.25, -0.2) is 0 Å². The number of nitrogens with zero attached hydrogens (tertiary/aromatic N) is 2. The summed E-state index contributed by atoms with van der Waals surface area (Å²) >= 11 is 0. The van der Waals surface area contributed by atoms with Gasteiger partial charge >= 0.3 is 0 Å². The molecule has 4 fully saturated rings. The Bertz CT molecular complexity index is 401. The molecule has 2 aliphatic heterocycles. The second kappa shape index (κ2) is 7.90. The molecule has 4 nitrogen and oxygen atoms in total. The molecule has 1 unspecified atom stereocenters. The summed E-state index contributed by atoms with van der Waals surface area (Å²) in [6.07, 6.45) is 9.16. The summed E-state index contributed by atoms with van der Waals surface area (Å²) in [6.45, 7) is 6.38. The highest BCUT2D eigenvalue weighted by Crippen LogP contribution is 2.59. The predicted octanol–water partition coefficient (Wildman–Crippen LogP) is 2.31. The standard InChI is InChI=1S/C17H29N3O.2ClH/c21-16(15-13-17(15)5-7-18-8-6-17)20-11-9-19(10-12-20)14-3-1-2-4-14;;/h14-15,18H,1-13H2;2*1H. The van der Waals surface area contributed by atoms with Crippen molar-refractivity contribution in [3.63, 3.8) is 0 Å². The summed E-state index contributed by atoms with van der Waals surface area (Å²) in [5.74, 6) is 0.834. The number of piperidine rings is 1. The van der Waals surface area contributed by atoms with Crippen molar-refractivity contribution in [1.82, 2.24) is 15.1 Å². The van der Waals surface area contributed by atoms with Crippen LogP contribution in [-0.4, -0.2) is 61.0 Å². The van der Waals surface area contributed by atoms with Gasteiger partial charge in [0.1, 0.15) is 0 Å². The molecular formula is C17H31Cl2N3O. The topological polar surface area (TPSA) is 35.6 Å². The summed E-state index contributed by atoms with van der Waals surface area (Å²) in [4.78, 5) is 17.6. The number of carbonyl (C=O) groups excluding carboxylic acids is 1. The van der Waals surface area contributed by atoms with E-state index >= 15 is 0 Å². The maximum absolute atomic E-state index is 12.7. The molecular weight excluding hydrogens is 333 g/mol. The Labute approximate surface area is 152 Å². The second-order valence-electron chi connectivity index (χ2n) is 7.67. The average molecular weight is 364 g/mol. The normalized spacial score (nSPS) is 30.6. The molecule has 0 aromatic carbocycles. The fraction of sp³-hybridized carbons (Fsp3) is 0.941. The molecule has 134 valence electrons. The fourth-order valence-corrected chi connectivity index (χ4v) is 4.97. The van der Waals surface area contributed by atoms with Crippen LogP contribution in [0.3, 0.4) is 0 Å². The summed E-state index contributed by atoms with van der Waals surface area (Å²) in [5, 5.41) is 3.42. The van der Waals surface area contributed by atoms with Crippen LogP contribution in [0.4, 0.5) is 0 Å². The van der Waals surface area contributed by atoms with E-state index in [1.54, 1.807) is 0 Å². The van der Waals surface area contributed by atoms with E-state index in [0.29, 0.717) is 17.2 Å². The molecule has 1 amide bonds. The molecule has 1 spiro atoms. The number of hydrogen-bond donors (Lipinski definition) is 1. The van der Waals surface area contributed by atoms with E-state index in [-0.39, 0.29) is 24.8 Å². The zero-order chi connectivity index (χ0) is 14.3. The molecule has 23 heavy (non-hydrogen) atoms. The Hall–Kier alpha value is -0.0300. The van der Waals surface area contributed by atoms with Crippen molar-refractivity contribution in [2.75, 3.05) is 39.3 Å². The van der Waals surface area contributed by atoms with Crippen molar-refractivity contribution in [2.24, 2.45) is 11.3 Å². The van der Waals surface area contributed by atoms with Crippen molar-refractivity contribution < 1.29 is 4.79 Å². The summed E-state index contributed by atoms with van der Waals surface area (Å²) in [5.41, 5.74) is 0.394. The lowest BCUT2D eigenvalue weighted by Gasteiger charge is -2.38. The first-order chi connectivity index (χ1) is 10.3. The van der Waals surface area contributed by atoms with Crippen molar-refractivity contribution >= 4 is 30.7 Å². The monoisotopic (exact) mass is 363 g/mol. The van der Waals surface area contributed by atoms with Crippen LogP contribution in [-0.2, 0) is 4.79 Å². The number of piperazine rings is 1. The van der Waals surface area contributed by atoms with E-state index in [1.807, 2.05) is 0 Å². The number of carbonyl (C=O) groups is 1. The second-order valence-corrected chi connectivity index (χ2v) is 7.67. The van der Waals surface area contributed by atoms with E-state index < -0.39 is 0 Å². The third kappa shape index (κ3) is 3.81. The Kier molecular flexibility index (Phi) is 6.63. The molecule has 6 heteroatoms. The van der Waals surface area contributed by atoms with Crippen LogP contribution < -0.4 is 5.32 Å². The number of nitrogens with one attached hydrogen (secondary N) is 1. The molecule has 1 atom stereocenters. The Morgan fingerprint density at radius 2 is 1.57 bits per heavy atom. The van der Waals surface area contributed by atoms with Gasteiger partial charge in [-0.2, -0.15) is 0 Å². The lowest BCUT2D eigenvalue weighted by molar-refractivity contribution is -0.135. The maximum atomic E-state index is 12.7. The van der Waals surface area contributed by atoms with Gasteiger partial charge in [-0.1, -0.05) is 12.8 Å². The SMILES string of the molecule is Cl.Cl.O=C(C1CC12CCNCC2)N1CCN(C2CCCC2)CC1. The molecule has 2 saturated carbocycles. The van der Waals surface area contributed by atoms with Crippen molar-refractivity contribution in [3.8, 4) is 0 Å². The van der Waals surface area contributed by atoms with Gasteiger partial charge < -0.3 is 10.2 Å². The van der Waals surface area contributed by atoms with Crippen molar-refractivity contribution in [2.45, 2.75) is 51.0 Å². The number of hydrogen-bond acceptors (Lipinski definition) is 3. The molecule has 2 saturated heterocycles. The van der Waals surface area contributed by atoms with Crippen LogP contribution in [0.15, 0.2) is 0 Å². The Balaban J connectivity index is 0.000000960. The zero-order valence-electron chi connectivity index (χ0n) is 14.0. The highest BCUT2D eigenvalue weighted by Gasteiger charge is 2.58. The third-order valence-corrected chi connectivity index (χ3v) is 6.55. The number of amides is 1. The largest absolute Gasteiger partial charge is 0.340 e. The van der Waals surface area contributed by atoms with E-state index in [0.717, 1.165) is 51.7 Å². The number of rotatable bonds is 2. The summed E-state index contributed by atoms with van der Waals surface area (Å²) in [6, 6.07) is 0.818. The van der Waals surface area contributed by atoms with Crippen LogP contribution in [0.1, 0.15) is 44.9 Å². The fourth-order valence-electron chi connectivity index (χ4n) is 4.97. The van der Waals surface area contributed by atoms with Crippen LogP contribution >= 0.6 is 24.8 Å². The molecule has 0 aromatic rings. The molecule has 0 radical (unpaired) electrons. The van der Waals surface area contributed by atoms with Gasteiger partial charge in [-0.3, -0.25) is 9.69 Å². The molecule has 2 heterocycles. The van der Waals surface area contributed by atoms with Crippen LogP contribution in [0, 0.1) is 11.3 Å². The first-order valence-electron chi connectivity index (χ1n) is 9.02. The van der Waals surface area contributed by atoms with Gasteiger partial charge in [0.25, 0.3) is 0 Å². The van der Waals surface area contributed by atoms with E-state index in [2.05, 4.69) is 15.1 Å². The molecule has 0 aromatic heterocycles. The van der Waals surface area contributed by atoms with Gasteiger partial charge in [0, 0.05) is 38.1 Å². The highest BCUT2D eigenvalue weighted by molar-refractivity contribution is 5.85. The van der Waals surface area contributed by atoms with E-state index in [1.165, 1.54) is 38.5 Å². The van der Waals surface area contributed by atoms with Crippen LogP contribution in [0.2, 0.25) is 0 Å². The maximum Gasteiger partial charge on any atom is 0.226 e. The van der Waals surface area contributed by atoms with E-state index in [4.69, 9.17) is 0 Å². The lowest BCUT2D eigenvalue weighted by atomic mass is 9.91. The van der Waals surface area contributed by atoms with E-state index in [9.17, 15) is 4.79 Å². The lowest BCUT2D eigenvalue weighted by Crippen LogP contribution is -2.52. The summed E-state index contributed by atoms with van der Waals surface area (Å²) < 4.78 is 0. The van der Waals surface area contributed by atoms with Gasteiger partial charge in [-0.05, 0) is 50.6 Å². The number of halogens is 2. The molecule has 2 aliphatic carbocycles. The Morgan fingerprint density at radius 1 is 0.957 bits per heavy atom. The molecule has 4 aliphatic rings. The first-order valence-corrected chi connectivity index (χ1v) is 9.02. The average Bonchev–Trinajstić information content (AvgIpc) is 2.99. The predicted molar refractivity (Wildman–Crippen MR) is 97.5 cm³/mol. The third-order valence-electron chi connectivity index (χ3n) is 6.55. The van der Waals surface area contributed by atoms with Gasteiger partial charge in [-0.15, -0.1) is 24.8 Å². The van der Waals surface area contributed by atoms with Crippen molar-refractivity contribution in [3.05, 3.63) is 0 Å². The molecule has 4 rings (SSSR count). The van der Waals surface area contributed by atoms with Gasteiger partial charge in [0.2, 0.25) is 5.91 Å².